The predicted octanol–water partition coefficient (Wildman–Crippen LogP) is 2.75. The number of nitrogens with two attached hydrogens (primary N) is 1. The fourth-order valence-corrected chi connectivity index (χ4v) is 1.21. The molecule has 0 bridgehead atoms. The number of anilines is 1. The summed E-state index contributed by atoms with van der Waals surface area (Å²) in [6, 6.07) is 2.21. The monoisotopic (exact) mass is 185 g/mol. The zero-order chi connectivity index (χ0) is 10.0. The summed E-state index contributed by atoms with van der Waals surface area (Å²) in [7, 11) is 0. The van der Waals surface area contributed by atoms with Crippen LogP contribution in [0.4, 0.5) is 14.5 Å². The van der Waals surface area contributed by atoms with Crippen molar-refractivity contribution in [1.29, 1.82) is 0 Å². The average Bonchev–Trinajstić information content (AvgIpc) is 1.99. The van der Waals surface area contributed by atoms with Gasteiger partial charge in [-0.05, 0) is 24.0 Å². The molecule has 0 spiro atoms. The zero-order valence-corrected chi connectivity index (χ0v) is 7.77. The summed E-state index contributed by atoms with van der Waals surface area (Å²) in [5.41, 5.74) is 5.82. The van der Waals surface area contributed by atoms with Gasteiger partial charge in [0.2, 0.25) is 0 Å². The van der Waals surface area contributed by atoms with Crippen LogP contribution in [0.15, 0.2) is 12.1 Å². The highest BCUT2D eigenvalue weighted by Gasteiger charge is 2.08. The molecule has 0 fully saturated rings. The van der Waals surface area contributed by atoms with Crippen molar-refractivity contribution in [3.63, 3.8) is 0 Å². The molecule has 0 aliphatic carbocycles. The minimum Gasteiger partial charge on any atom is -0.396 e. The summed E-state index contributed by atoms with van der Waals surface area (Å²) in [6.07, 6.45) is 0.580. The Morgan fingerprint density at radius 1 is 1.23 bits per heavy atom. The summed E-state index contributed by atoms with van der Waals surface area (Å²) in [5.74, 6) is -0.871. The van der Waals surface area contributed by atoms with Gasteiger partial charge < -0.3 is 5.73 Å². The summed E-state index contributed by atoms with van der Waals surface area (Å²) in [6.45, 7) is 3.94. The van der Waals surface area contributed by atoms with Crippen LogP contribution >= 0.6 is 0 Å². The molecular formula is C10H13F2N. The van der Waals surface area contributed by atoms with E-state index < -0.39 is 11.6 Å². The van der Waals surface area contributed by atoms with Crippen LogP contribution in [0.2, 0.25) is 0 Å². The van der Waals surface area contributed by atoms with Gasteiger partial charge in [-0.15, -0.1) is 0 Å². The van der Waals surface area contributed by atoms with E-state index in [1.807, 2.05) is 13.8 Å². The number of halogens is 2. The van der Waals surface area contributed by atoms with Gasteiger partial charge in [0, 0.05) is 6.07 Å². The van der Waals surface area contributed by atoms with E-state index in [-0.39, 0.29) is 5.69 Å². The SMILES string of the molecule is CC(C)Cc1cc(N)c(F)cc1F. The molecule has 72 valence electrons. The van der Waals surface area contributed by atoms with Gasteiger partial charge in [0.05, 0.1) is 5.69 Å². The van der Waals surface area contributed by atoms with Crippen LogP contribution in [0.25, 0.3) is 0 Å². The van der Waals surface area contributed by atoms with E-state index in [1.165, 1.54) is 6.07 Å². The van der Waals surface area contributed by atoms with Crippen molar-refractivity contribution >= 4 is 5.69 Å². The molecule has 2 N–H and O–H groups in total. The molecule has 0 aliphatic rings. The van der Waals surface area contributed by atoms with Gasteiger partial charge in [0.1, 0.15) is 11.6 Å². The lowest BCUT2D eigenvalue weighted by molar-refractivity contribution is 0.554. The topological polar surface area (TPSA) is 26.0 Å². The smallest absolute Gasteiger partial charge is 0.149 e. The third-order valence-corrected chi connectivity index (χ3v) is 1.79. The molecule has 0 saturated carbocycles. The maximum atomic E-state index is 13.1. The molecule has 13 heavy (non-hydrogen) atoms. The second-order valence-corrected chi connectivity index (χ2v) is 3.56. The van der Waals surface area contributed by atoms with Crippen molar-refractivity contribution in [2.75, 3.05) is 5.73 Å². The molecule has 0 radical (unpaired) electrons. The van der Waals surface area contributed by atoms with Crippen LogP contribution < -0.4 is 5.73 Å². The Morgan fingerprint density at radius 2 is 1.85 bits per heavy atom. The number of nitrogen functional groups attached to an aromatic ring is 1. The molecular weight excluding hydrogens is 172 g/mol. The van der Waals surface area contributed by atoms with Crippen molar-refractivity contribution in [3.05, 3.63) is 29.3 Å². The first-order chi connectivity index (χ1) is 6.00. The van der Waals surface area contributed by atoms with Gasteiger partial charge in [-0.1, -0.05) is 13.8 Å². The summed E-state index contributed by atoms with van der Waals surface area (Å²) in [4.78, 5) is 0. The number of benzene rings is 1. The minimum absolute atomic E-state index is 0.0112. The quantitative estimate of drug-likeness (QED) is 0.704. The van der Waals surface area contributed by atoms with E-state index in [9.17, 15) is 8.78 Å². The molecule has 0 unspecified atom stereocenters. The Morgan fingerprint density at radius 3 is 2.38 bits per heavy atom. The zero-order valence-electron chi connectivity index (χ0n) is 7.77. The third kappa shape index (κ3) is 2.41. The fourth-order valence-electron chi connectivity index (χ4n) is 1.21. The highest BCUT2D eigenvalue weighted by Crippen LogP contribution is 2.19. The molecule has 1 aromatic carbocycles. The summed E-state index contributed by atoms with van der Waals surface area (Å²) < 4.78 is 25.8. The van der Waals surface area contributed by atoms with Crippen LogP contribution in [0.3, 0.4) is 0 Å². The summed E-state index contributed by atoms with van der Waals surface area (Å²) >= 11 is 0. The maximum absolute atomic E-state index is 13.1. The van der Waals surface area contributed by atoms with Gasteiger partial charge in [-0.3, -0.25) is 0 Å². The molecule has 0 aromatic heterocycles. The van der Waals surface area contributed by atoms with E-state index in [1.54, 1.807) is 0 Å². The molecule has 0 amide bonds. The van der Waals surface area contributed by atoms with E-state index in [4.69, 9.17) is 5.73 Å². The van der Waals surface area contributed by atoms with Crippen molar-refractivity contribution in [2.24, 2.45) is 5.92 Å². The van der Waals surface area contributed by atoms with Gasteiger partial charge in [-0.25, -0.2) is 8.78 Å². The molecule has 0 aliphatic heterocycles. The fraction of sp³-hybridized carbons (Fsp3) is 0.400. The molecule has 0 saturated heterocycles. The van der Waals surface area contributed by atoms with Gasteiger partial charge in [0.15, 0.2) is 0 Å². The molecule has 1 rings (SSSR count). The first kappa shape index (κ1) is 9.96. The van der Waals surface area contributed by atoms with Gasteiger partial charge >= 0.3 is 0 Å². The maximum Gasteiger partial charge on any atom is 0.149 e. The molecule has 0 atom stereocenters. The Balaban J connectivity index is 3.01. The predicted molar refractivity (Wildman–Crippen MR) is 49.3 cm³/mol. The van der Waals surface area contributed by atoms with Crippen LogP contribution in [-0.2, 0) is 6.42 Å². The van der Waals surface area contributed by atoms with E-state index >= 15 is 0 Å². The van der Waals surface area contributed by atoms with Crippen molar-refractivity contribution in [1.82, 2.24) is 0 Å². The van der Waals surface area contributed by atoms with E-state index in [2.05, 4.69) is 0 Å². The van der Waals surface area contributed by atoms with E-state index in [0.717, 1.165) is 6.07 Å². The Labute approximate surface area is 76.6 Å². The molecule has 1 aromatic rings. The first-order valence-electron chi connectivity index (χ1n) is 4.24. The van der Waals surface area contributed by atoms with Crippen LogP contribution in [-0.4, -0.2) is 0 Å². The lowest BCUT2D eigenvalue weighted by Gasteiger charge is -2.07. The lowest BCUT2D eigenvalue weighted by Crippen LogP contribution is -2.01. The first-order valence-corrected chi connectivity index (χ1v) is 4.24. The van der Waals surface area contributed by atoms with Crippen LogP contribution in [0.1, 0.15) is 19.4 Å². The molecule has 0 heterocycles. The number of rotatable bonds is 2. The minimum atomic E-state index is -0.690. The second-order valence-electron chi connectivity index (χ2n) is 3.56. The van der Waals surface area contributed by atoms with Crippen LogP contribution in [0.5, 0.6) is 0 Å². The summed E-state index contributed by atoms with van der Waals surface area (Å²) in [5, 5.41) is 0. The van der Waals surface area contributed by atoms with Crippen molar-refractivity contribution < 1.29 is 8.78 Å². The van der Waals surface area contributed by atoms with E-state index in [0.29, 0.717) is 17.9 Å². The van der Waals surface area contributed by atoms with Gasteiger partial charge in [0.25, 0.3) is 0 Å². The third-order valence-electron chi connectivity index (χ3n) is 1.79. The molecule has 1 nitrogen and oxygen atoms in total. The average molecular weight is 185 g/mol. The van der Waals surface area contributed by atoms with Gasteiger partial charge in [-0.2, -0.15) is 0 Å². The lowest BCUT2D eigenvalue weighted by atomic mass is 10.0. The Kier molecular flexibility index (Phi) is 2.86. The van der Waals surface area contributed by atoms with Crippen molar-refractivity contribution in [2.45, 2.75) is 20.3 Å². The number of hydrogen-bond donors (Lipinski definition) is 1. The standard InChI is InChI=1S/C10H13F2N/c1-6(2)3-7-4-10(13)9(12)5-8(7)11/h4-6H,3,13H2,1-2H3. The Hall–Kier alpha value is -1.12. The normalized spacial score (nSPS) is 10.8. The highest BCUT2D eigenvalue weighted by atomic mass is 19.1. The molecule has 3 heteroatoms. The Bertz CT molecular complexity index is 308. The highest BCUT2D eigenvalue weighted by molar-refractivity contribution is 5.43. The van der Waals surface area contributed by atoms with Crippen molar-refractivity contribution in [3.8, 4) is 0 Å². The largest absolute Gasteiger partial charge is 0.396 e. The second kappa shape index (κ2) is 3.73. The van der Waals surface area contributed by atoms with Crippen LogP contribution in [0, 0.1) is 17.6 Å². The number of hydrogen-bond acceptors (Lipinski definition) is 1.